The Morgan fingerprint density at radius 1 is 0.744 bits per heavy atom. The molecule has 2 aliphatic heterocycles. The van der Waals surface area contributed by atoms with Crippen LogP contribution in [0.2, 0.25) is 0 Å². The molecule has 0 aromatic rings. The Kier molecular flexibility index (Phi) is 12.8. The molecule has 5 atom stereocenters. The summed E-state index contributed by atoms with van der Waals surface area (Å²) in [5.74, 6) is -2.12. The third kappa shape index (κ3) is 8.77. The first-order valence-corrected chi connectivity index (χ1v) is 16.0. The highest BCUT2D eigenvalue weighted by molar-refractivity contribution is 6.02. The molecule has 11 nitrogen and oxygen atoms in total. The molecular weight excluding hydrogens is 548 g/mol. The Morgan fingerprint density at radius 2 is 1.26 bits per heavy atom. The van der Waals surface area contributed by atoms with Gasteiger partial charge in [-0.1, -0.05) is 41.5 Å². The van der Waals surface area contributed by atoms with E-state index in [4.69, 9.17) is 0 Å². The second-order valence-corrected chi connectivity index (χ2v) is 14.6. The highest BCUT2D eigenvalue weighted by Gasteiger charge is 2.44. The Hall–Kier alpha value is -2.53. The van der Waals surface area contributed by atoms with Crippen molar-refractivity contribution in [3.63, 3.8) is 0 Å². The van der Waals surface area contributed by atoms with Crippen molar-refractivity contribution in [3.05, 3.63) is 0 Å². The second kappa shape index (κ2) is 15.0. The molecule has 2 fully saturated rings. The van der Waals surface area contributed by atoms with Gasteiger partial charge >= 0.3 is 0 Å². The summed E-state index contributed by atoms with van der Waals surface area (Å²) in [6.45, 7) is 18.7. The first kappa shape index (κ1) is 36.7. The Bertz CT molecular complexity index is 1010. The summed E-state index contributed by atoms with van der Waals surface area (Å²) in [6, 6.07) is -3.23. The zero-order valence-electron chi connectivity index (χ0n) is 28.7. The molecule has 246 valence electrons. The number of likely N-dealkylation sites (N-methyl/N-ethyl adjacent to an activating group) is 2. The maximum absolute atomic E-state index is 14.0. The van der Waals surface area contributed by atoms with E-state index in [9.17, 15) is 24.0 Å². The number of likely N-dealkylation sites (tertiary alicyclic amines) is 2. The standard InChI is InChI=1S/C32H58N6O5/c1-19(2)24(33-29(41)25(20(3)4)35(10)11)30(42)36(12)26(21(5)6)31(43)37-17-13-15-22(37)27(39)34-28(40)23-16-14-18-38(23)32(7,8)9/h19-26H,13-18H2,1-12H3,(H,33,41)(H,34,39,40)/t22-,23-,24-,25-,26-/m0/s1. The van der Waals surface area contributed by atoms with Gasteiger partial charge in [0.05, 0.1) is 12.1 Å². The van der Waals surface area contributed by atoms with Gasteiger partial charge in [-0.3, -0.25) is 39.1 Å². The average Bonchev–Trinajstić information content (AvgIpc) is 3.56. The molecule has 2 aliphatic rings. The van der Waals surface area contributed by atoms with Gasteiger partial charge in [-0.05, 0) is 84.8 Å². The van der Waals surface area contributed by atoms with Crippen LogP contribution in [-0.2, 0) is 24.0 Å². The summed E-state index contributed by atoms with van der Waals surface area (Å²) in [5, 5.41) is 5.56. The van der Waals surface area contributed by atoms with Crippen LogP contribution in [0.3, 0.4) is 0 Å². The summed E-state index contributed by atoms with van der Waals surface area (Å²) in [5.41, 5.74) is -0.200. The number of amides is 5. The predicted octanol–water partition coefficient (Wildman–Crippen LogP) is 2.09. The van der Waals surface area contributed by atoms with Crippen molar-refractivity contribution in [1.82, 2.24) is 30.2 Å². The second-order valence-electron chi connectivity index (χ2n) is 14.6. The van der Waals surface area contributed by atoms with Crippen LogP contribution in [0, 0.1) is 17.8 Å². The van der Waals surface area contributed by atoms with Crippen molar-refractivity contribution in [3.8, 4) is 0 Å². The summed E-state index contributed by atoms with van der Waals surface area (Å²) < 4.78 is 0. The molecule has 2 saturated heterocycles. The van der Waals surface area contributed by atoms with Crippen molar-refractivity contribution in [2.45, 2.75) is 124 Å². The molecule has 0 aromatic heterocycles. The summed E-state index contributed by atoms with van der Waals surface area (Å²) >= 11 is 0. The fourth-order valence-electron chi connectivity index (χ4n) is 6.74. The fourth-order valence-corrected chi connectivity index (χ4v) is 6.74. The topological polar surface area (TPSA) is 122 Å². The van der Waals surface area contributed by atoms with E-state index in [1.165, 1.54) is 9.80 Å². The molecule has 11 heteroatoms. The molecule has 0 aromatic carbocycles. The summed E-state index contributed by atoms with van der Waals surface area (Å²) in [4.78, 5) is 74.6. The lowest BCUT2D eigenvalue weighted by Crippen LogP contribution is -2.61. The smallest absolute Gasteiger partial charge is 0.249 e. The number of hydrogen-bond acceptors (Lipinski definition) is 7. The van der Waals surface area contributed by atoms with E-state index in [2.05, 4.69) is 36.3 Å². The van der Waals surface area contributed by atoms with E-state index in [-0.39, 0.29) is 53.0 Å². The average molecular weight is 607 g/mol. The van der Waals surface area contributed by atoms with E-state index in [0.717, 1.165) is 13.0 Å². The minimum Gasteiger partial charge on any atom is -0.343 e. The lowest BCUT2D eigenvalue weighted by molar-refractivity contribution is -0.151. The molecule has 0 bridgehead atoms. The molecule has 5 amide bonds. The van der Waals surface area contributed by atoms with Crippen molar-refractivity contribution in [2.75, 3.05) is 34.2 Å². The number of imide groups is 1. The van der Waals surface area contributed by atoms with Gasteiger partial charge in [0, 0.05) is 19.1 Å². The van der Waals surface area contributed by atoms with Crippen LogP contribution in [0.25, 0.3) is 0 Å². The lowest BCUT2D eigenvalue weighted by Gasteiger charge is -2.38. The SMILES string of the molecule is CC(C)[C@H](NC(=O)[C@H](C(C)C)N(C)C)C(=O)N(C)[C@H](C(=O)N1CCC[C@H]1C(=O)NC(=O)[C@@H]1CCCN1C(C)(C)C)C(C)C. The minimum atomic E-state index is -0.837. The molecule has 43 heavy (non-hydrogen) atoms. The third-order valence-electron chi connectivity index (χ3n) is 8.84. The molecule has 0 radical (unpaired) electrons. The van der Waals surface area contributed by atoms with Crippen molar-refractivity contribution in [1.29, 1.82) is 0 Å². The fraction of sp³-hybridized carbons (Fsp3) is 0.844. The van der Waals surface area contributed by atoms with E-state index >= 15 is 0 Å². The summed E-state index contributed by atoms with van der Waals surface area (Å²) in [6.07, 6.45) is 2.65. The number of carbonyl (C=O) groups is 5. The normalized spacial score (nSPS) is 21.8. The lowest BCUT2D eigenvalue weighted by atomic mass is 9.96. The molecule has 2 N–H and O–H groups in total. The minimum absolute atomic E-state index is 0.0379. The van der Waals surface area contributed by atoms with Gasteiger partial charge < -0.3 is 15.1 Å². The molecule has 2 heterocycles. The van der Waals surface area contributed by atoms with Crippen LogP contribution in [-0.4, -0.2) is 119 Å². The number of hydrogen-bond donors (Lipinski definition) is 2. The van der Waals surface area contributed by atoms with Crippen LogP contribution in [0.1, 0.15) is 88.0 Å². The largest absolute Gasteiger partial charge is 0.343 e. The third-order valence-corrected chi connectivity index (χ3v) is 8.84. The van der Waals surface area contributed by atoms with Crippen molar-refractivity contribution >= 4 is 29.5 Å². The molecule has 0 spiro atoms. The first-order valence-electron chi connectivity index (χ1n) is 16.0. The Labute approximate surface area is 259 Å². The van der Waals surface area contributed by atoms with E-state index in [1.54, 1.807) is 7.05 Å². The molecule has 0 aliphatic carbocycles. The Balaban J connectivity index is 2.22. The van der Waals surface area contributed by atoms with Crippen LogP contribution < -0.4 is 10.6 Å². The number of nitrogens with zero attached hydrogens (tertiary/aromatic N) is 4. The van der Waals surface area contributed by atoms with Gasteiger partial charge in [-0.25, -0.2) is 0 Å². The molecule has 0 saturated carbocycles. The highest BCUT2D eigenvalue weighted by Crippen LogP contribution is 2.27. The van der Waals surface area contributed by atoms with Gasteiger partial charge in [0.2, 0.25) is 29.5 Å². The van der Waals surface area contributed by atoms with Crippen LogP contribution in [0.15, 0.2) is 0 Å². The molecular formula is C32H58N6O5. The number of rotatable bonds is 11. The van der Waals surface area contributed by atoms with E-state index < -0.39 is 30.1 Å². The maximum Gasteiger partial charge on any atom is 0.249 e. The number of carbonyl (C=O) groups excluding carboxylic acids is 5. The predicted molar refractivity (Wildman–Crippen MR) is 168 cm³/mol. The van der Waals surface area contributed by atoms with Gasteiger partial charge in [-0.2, -0.15) is 0 Å². The highest BCUT2D eigenvalue weighted by atomic mass is 16.2. The monoisotopic (exact) mass is 606 g/mol. The molecule has 2 rings (SSSR count). The summed E-state index contributed by atoms with van der Waals surface area (Å²) in [7, 11) is 5.26. The van der Waals surface area contributed by atoms with Crippen LogP contribution in [0.4, 0.5) is 0 Å². The zero-order chi connectivity index (χ0) is 33.0. The zero-order valence-corrected chi connectivity index (χ0v) is 28.7. The van der Waals surface area contributed by atoms with E-state index in [1.807, 2.05) is 60.5 Å². The van der Waals surface area contributed by atoms with Crippen LogP contribution >= 0.6 is 0 Å². The van der Waals surface area contributed by atoms with Gasteiger partial charge in [0.15, 0.2) is 0 Å². The van der Waals surface area contributed by atoms with Gasteiger partial charge in [0.1, 0.15) is 18.1 Å². The Morgan fingerprint density at radius 3 is 1.74 bits per heavy atom. The van der Waals surface area contributed by atoms with Crippen molar-refractivity contribution in [2.24, 2.45) is 17.8 Å². The first-order chi connectivity index (χ1) is 19.8. The van der Waals surface area contributed by atoms with Crippen molar-refractivity contribution < 1.29 is 24.0 Å². The van der Waals surface area contributed by atoms with Crippen LogP contribution in [0.5, 0.6) is 0 Å². The quantitative estimate of drug-likeness (QED) is 0.346. The van der Waals surface area contributed by atoms with Gasteiger partial charge in [-0.15, -0.1) is 0 Å². The van der Waals surface area contributed by atoms with E-state index in [0.29, 0.717) is 25.8 Å². The van der Waals surface area contributed by atoms with Gasteiger partial charge in [0.25, 0.3) is 0 Å². The molecule has 0 unspecified atom stereocenters. The maximum atomic E-state index is 14.0. The number of nitrogens with one attached hydrogen (secondary N) is 2.